The van der Waals surface area contributed by atoms with Crippen molar-refractivity contribution in [1.29, 1.82) is 0 Å². The van der Waals surface area contributed by atoms with Crippen LogP contribution in [0.4, 0.5) is 4.79 Å². The molecule has 0 bridgehead atoms. The van der Waals surface area contributed by atoms with Crippen LogP contribution in [0.25, 0.3) is 0 Å². The highest BCUT2D eigenvalue weighted by molar-refractivity contribution is 9.10. The lowest BCUT2D eigenvalue weighted by atomic mass is 10.0. The van der Waals surface area contributed by atoms with Crippen LogP contribution in [0.1, 0.15) is 57.6 Å². The van der Waals surface area contributed by atoms with Gasteiger partial charge in [-0.05, 0) is 57.0 Å². The van der Waals surface area contributed by atoms with E-state index in [0.29, 0.717) is 29.7 Å². The first-order valence-electron chi connectivity index (χ1n) is 7.85. The monoisotopic (exact) mass is 385 g/mol. The summed E-state index contributed by atoms with van der Waals surface area (Å²) in [6.45, 7) is 10.4. The number of hydrogen-bond acceptors (Lipinski definition) is 4. The van der Waals surface area contributed by atoms with E-state index in [2.05, 4.69) is 21.0 Å². The summed E-state index contributed by atoms with van der Waals surface area (Å²) in [5.41, 5.74) is 0.0504. The molecule has 1 aliphatic rings. The molecule has 0 aromatic carbocycles. The summed E-state index contributed by atoms with van der Waals surface area (Å²) in [7, 11) is 0. The SMILES string of the molecule is CC(C)n1ncc(Br)c1C(=O)C1CCN(C(=O)OC(C)(C)C)C1. The third kappa shape index (κ3) is 4.13. The maximum absolute atomic E-state index is 12.8. The molecule has 1 amide bonds. The summed E-state index contributed by atoms with van der Waals surface area (Å²) in [5, 5.41) is 4.25. The Kier molecular flexibility index (Phi) is 5.18. The summed E-state index contributed by atoms with van der Waals surface area (Å²) < 4.78 is 7.80. The second-order valence-corrected chi connectivity index (χ2v) is 8.01. The molecule has 1 atom stereocenters. The summed E-state index contributed by atoms with van der Waals surface area (Å²) in [6, 6.07) is 0.101. The molecule has 7 heteroatoms. The van der Waals surface area contributed by atoms with E-state index in [1.165, 1.54) is 0 Å². The Labute approximate surface area is 145 Å². The van der Waals surface area contributed by atoms with Crippen molar-refractivity contribution in [2.75, 3.05) is 13.1 Å². The lowest BCUT2D eigenvalue weighted by Gasteiger charge is -2.24. The largest absolute Gasteiger partial charge is 0.444 e. The highest BCUT2D eigenvalue weighted by Gasteiger charge is 2.35. The summed E-state index contributed by atoms with van der Waals surface area (Å²) in [6.07, 6.45) is 1.94. The molecule has 2 rings (SSSR count). The van der Waals surface area contributed by atoms with Crippen LogP contribution in [-0.2, 0) is 4.74 Å². The van der Waals surface area contributed by atoms with Gasteiger partial charge in [0.2, 0.25) is 0 Å². The topological polar surface area (TPSA) is 64.4 Å². The van der Waals surface area contributed by atoms with Crippen LogP contribution in [0.2, 0.25) is 0 Å². The third-order valence-electron chi connectivity index (χ3n) is 3.68. The molecule has 0 spiro atoms. The first-order chi connectivity index (χ1) is 10.6. The van der Waals surface area contributed by atoms with Crippen molar-refractivity contribution in [1.82, 2.24) is 14.7 Å². The number of likely N-dealkylation sites (tertiary alicyclic amines) is 1. The highest BCUT2D eigenvalue weighted by Crippen LogP contribution is 2.27. The van der Waals surface area contributed by atoms with Crippen LogP contribution >= 0.6 is 15.9 Å². The van der Waals surface area contributed by atoms with E-state index in [4.69, 9.17) is 4.74 Å². The van der Waals surface area contributed by atoms with Crippen molar-refractivity contribution in [3.8, 4) is 0 Å². The summed E-state index contributed by atoms with van der Waals surface area (Å²) >= 11 is 3.41. The Balaban J connectivity index is 2.09. The Morgan fingerprint density at radius 1 is 1.39 bits per heavy atom. The first kappa shape index (κ1) is 18.0. The molecule has 0 N–H and O–H groups in total. The van der Waals surface area contributed by atoms with Crippen molar-refractivity contribution < 1.29 is 14.3 Å². The van der Waals surface area contributed by atoms with E-state index >= 15 is 0 Å². The summed E-state index contributed by atoms with van der Waals surface area (Å²) in [4.78, 5) is 26.6. The third-order valence-corrected chi connectivity index (χ3v) is 4.26. The van der Waals surface area contributed by atoms with E-state index in [1.807, 2.05) is 34.6 Å². The van der Waals surface area contributed by atoms with E-state index in [9.17, 15) is 9.59 Å². The molecular weight excluding hydrogens is 362 g/mol. The minimum Gasteiger partial charge on any atom is -0.444 e. The van der Waals surface area contributed by atoms with Crippen molar-refractivity contribution in [3.63, 3.8) is 0 Å². The fraction of sp³-hybridized carbons (Fsp3) is 0.688. The van der Waals surface area contributed by atoms with E-state index in [1.54, 1.807) is 15.8 Å². The van der Waals surface area contributed by atoms with Crippen LogP contribution in [0.15, 0.2) is 10.7 Å². The zero-order chi connectivity index (χ0) is 17.4. The number of carbonyl (C=O) groups excluding carboxylic acids is 2. The molecule has 23 heavy (non-hydrogen) atoms. The molecule has 0 aliphatic carbocycles. The molecule has 0 saturated carbocycles. The van der Waals surface area contributed by atoms with Gasteiger partial charge in [-0.25, -0.2) is 4.79 Å². The minimum absolute atomic E-state index is 0.0223. The van der Waals surface area contributed by atoms with Gasteiger partial charge in [-0.3, -0.25) is 9.48 Å². The number of hydrogen-bond donors (Lipinski definition) is 0. The fourth-order valence-corrected chi connectivity index (χ4v) is 3.09. The maximum Gasteiger partial charge on any atom is 0.410 e. The number of aromatic nitrogens is 2. The molecular formula is C16H24BrN3O3. The van der Waals surface area contributed by atoms with Gasteiger partial charge in [0.15, 0.2) is 5.78 Å². The second-order valence-electron chi connectivity index (χ2n) is 7.16. The summed E-state index contributed by atoms with van der Waals surface area (Å²) in [5.74, 6) is -0.192. The lowest BCUT2D eigenvalue weighted by molar-refractivity contribution is 0.0289. The first-order valence-corrected chi connectivity index (χ1v) is 8.64. The van der Waals surface area contributed by atoms with Gasteiger partial charge in [0.05, 0.1) is 10.7 Å². The normalized spacial score (nSPS) is 18.6. The average Bonchev–Trinajstić information content (AvgIpc) is 3.02. The zero-order valence-electron chi connectivity index (χ0n) is 14.3. The maximum atomic E-state index is 12.8. The van der Waals surface area contributed by atoms with Crippen LogP contribution in [0.3, 0.4) is 0 Å². The van der Waals surface area contributed by atoms with Gasteiger partial charge in [-0.15, -0.1) is 0 Å². The smallest absolute Gasteiger partial charge is 0.410 e. The van der Waals surface area contributed by atoms with Gasteiger partial charge in [0, 0.05) is 25.0 Å². The predicted octanol–water partition coefficient (Wildman–Crippen LogP) is 3.67. The van der Waals surface area contributed by atoms with Gasteiger partial charge in [-0.1, -0.05) is 0 Å². The number of halogens is 1. The van der Waals surface area contributed by atoms with E-state index in [0.717, 1.165) is 0 Å². The molecule has 2 heterocycles. The number of ether oxygens (including phenoxy) is 1. The Morgan fingerprint density at radius 3 is 2.61 bits per heavy atom. The molecule has 128 valence electrons. The van der Waals surface area contributed by atoms with Crippen LogP contribution < -0.4 is 0 Å². The fourth-order valence-electron chi connectivity index (χ4n) is 2.62. The van der Waals surface area contributed by atoms with Gasteiger partial charge in [-0.2, -0.15) is 5.10 Å². The molecule has 1 aromatic rings. The standard InChI is InChI=1S/C16H24BrN3O3/c1-10(2)20-13(12(17)8-18-20)14(21)11-6-7-19(9-11)15(22)23-16(3,4)5/h8,10-11H,6-7,9H2,1-5H3. The minimum atomic E-state index is -0.529. The van der Waals surface area contributed by atoms with Gasteiger partial charge >= 0.3 is 6.09 Å². The van der Waals surface area contributed by atoms with E-state index < -0.39 is 5.60 Å². The molecule has 1 aliphatic heterocycles. The molecule has 1 fully saturated rings. The van der Waals surface area contributed by atoms with Crippen molar-refractivity contribution in [2.24, 2.45) is 5.92 Å². The van der Waals surface area contributed by atoms with Gasteiger partial charge in [0.25, 0.3) is 0 Å². The molecule has 6 nitrogen and oxygen atoms in total. The Hall–Kier alpha value is -1.37. The van der Waals surface area contributed by atoms with Crippen LogP contribution in [0.5, 0.6) is 0 Å². The predicted molar refractivity (Wildman–Crippen MR) is 90.6 cm³/mol. The lowest BCUT2D eigenvalue weighted by Crippen LogP contribution is -2.36. The number of ketones is 1. The molecule has 0 radical (unpaired) electrons. The van der Waals surface area contributed by atoms with Gasteiger partial charge in [0.1, 0.15) is 11.3 Å². The molecule has 1 aromatic heterocycles. The number of carbonyl (C=O) groups is 2. The zero-order valence-corrected chi connectivity index (χ0v) is 15.9. The number of nitrogens with zero attached hydrogens (tertiary/aromatic N) is 3. The Morgan fingerprint density at radius 2 is 2.04 bits per heavy atom. The molecule has 1 unspecified atom stereocenters. The highest BCUT2D eigenvalue weighted by atomic mass is 79.9. The quantitative estimate of drug-likeness (QED) is 0.744. The Bertz CT molecular complexity index is 604. The number of amides is 1. The van der Waals surface area contributed by atoms with Crippen molar-refractivity contribution in [2.45, 2.75) is 52.7 Å². The number of rotatable bonds is 3. The average molecular weight is 386 g/mol. The number of Topliss-reactive ketones (excluding diaryl/α,β-unsaturated/α-hetero) is 1. The van der Waals surface area contributed by atoms with Crippen LogP contribution in [-0.4, -0.2) is 45.2 Å². The van der Waals surface area contributed by atoms with Gasteiger partial charge < -0.3 is 9.64 Å². The molecule has 1 saturated heterocycles. The van der Waals surface area contributed by atoms with E-state index in [-0.39, 0.29) is 23.8 Å². The second kappa shape index (κ2) is 6.63. The van der Waals surface area contributed by atoms with Crippen molar-refractivity contribution >= 4 is 27.8 Å². The van der Waals surface area contributed by atoms with Crippen LogP contribution in [0, 0.1) is 5.92 Å². The van der Waals surface area contributed by atoms with Crippen molar-refractivity contribution in [3.05, 3.63) is 16.4 Å².